The monoisotopic (exact) mass is 127 g/mol. The first-order valence-electron chi connectivity index (χ1n) is 1.97. The van der Waals surface area contributed by atoms with Crippen LogP contribution in [0.15, 0.2) is 0 Å². The summed E-state index contributed by atoms with van der Waals surface area (Å²) >= 11 is 4.99. The van der Waals surface area contributed by atoms with E-state index in [4.69, 9.17) is 11.6 Å². The summed E-state index contributed by atoms with van der Waals surface area (Å²) in [7, 11) is 0. The largest absolute Gasteiger partial charge is 0.238 e. The van der Waals surface area contributed by atoms with E-state index in [-0.39, 0.29) is 6.42 Å². The fraction of sp³-hybridized carbons (Fsp3) is 0.750. The van der Waals surface area contributed by atoms with Gasteiger partial charge < -0.3 is 0 Å². The molecule has 0 nitrogen and oxygen atoms in total. The van der Waals surface area contributed by atoms with Gasteiger partial charge in [0, 0.05) is 6.42 Å². The van der Waals surface area contributed by atoms with Crippen molar-refractivity contribution >= 4 is 11.6 Å². The van der Waals surface area contributed by atoms with Crippen molar-refractivity contribution in [1.29, 1.82) is 0 Å². The van der Waals surface area contributed by atoms with Crippen LogP contribution in [0.3, 0.4) is 0 Å². The number of rotatable bonds is 3. The molecule has 0 heterocycles. The standard InChI is InChI=1S/C4H6ClF2/c5-3-1-2-4(6)7/h3-4H,1-2H2. The van der Waals surface area contributed by atoms with Crippen LogP contribution >= 0.6 is 11.6 Å². The van der Waals surface area contributed by atoms with Gasteiger partial charge in [-0.25, -0.2) is 8.78 Å². The second-order valence-corrected chi connectivity index (χ2v) is 1.43. The van der Waals surface area contributed by atoms with E-state index in [0.29, 0.717) is 6.42 Å². The topological polar surface area (TPSA) is 0 Å². The van der Waals surface area contributed by atoms with E-state index in [1.165, 1.54) is 5.88 Å². The van der Waals surface area contributed by atoms with Crippen molar-refractivity contribution in [3.63, 3.8) is 0 Å². The van der Waals surface area contributed by atoms with Crippen LogP contribution in [-0.2, 0) is 0 Å². The highest BCUT2D eigenvalue weighted by Crippen LogP contribution is 2.05. The van der Waals surface area contributed by atoms with Gasteiger partial charge in [0.2, 0.25) is 6.43 Å². The smallest absolute Gasteiger partial charge is 0.211 e. The Morgan fingerprint density at radius 3 is 2.29 bits per heavy atom. The normalized spacial score (nSPS) is 10.3. The zero-order valence-electron chi connectivity index (χ0n) is 3.70. The van der Waals surface area contributed by atoms with Crippen molar-refractivity contribution in [3.05, 3.63) is 5.88 Å². The first kappa shape index (κ1) is 7.15. The summed E-state index contributed by atoms with van der Waals surface area (Å²) in [5.41, 5.74) is 0. The van der Waals surface area contributed by atoms with E-state index < -0.39 is 6.43 Å². The lowest BCUT2D eigenvalue weighted by Gasteiger charge is -1.90. The molecule has 43 valence electrons. The van der Waals surface area contributed by atoms with Crippen molar-refractivity contribution in [3.8, 4) is 0 Å². The van der Waals surface area contributed by atoms with E-state index >= 15 is 0 Å². The Morgan fingerprint density at radius 1 is 1.57 bits per heavy atom. The van der Waals surface area contributed by atoms with E-state index in [9.17, 15) is 8.78 Å². The second-order valence-electron chi connectivity index (χ2n) is 1.12. The van der Waals surface area contributed by atoms with Crippen molar-refractivity contribution in [2.24, 2.45) is 0 Å². The molecule has 0 unspecified atom stereocenters. The maximum absolute atomic E-state index is 11.1. The Hall–Kier alpha value is 0.150. The maximum Gasteiger partial charge on any atom is 0.238 e. The van der Waals surface area contributed by atoms with Gasteiger partial charge in [0.25, 0.3) is 0 Å². The van der Waals surface area contributed by atoms with Gasteiger partial charge in [-0.15, -0.1) is 11.6 Å². The van der Waals surface area contributed by atoms with Gasteiger partial charge in [0.1, 0.15) is 0 Å². The summed E-state index contributed by atoms with van der Waals surface area (Å²) in [5.74, 6) is 1.21. The van der Waals surface area contributed by atoms with Gasteiger partial charge >= 0.3 is 0 Å². The predicted molar refractivity (Wildman–Crippen MR) is 25.4 cm³/mol. The minimum Gasteiger partial charge on any atom is -0.211 e. The lowest BCUT2D eigenvalue weighted by atomic mass is 10.4. The first-order chi connectivity index (χ1) is 3.27. The van der Waals surface area contributed by atoms with Crippen LogP contribution in [-0.4, -0.2) is 6.43 Å². The zero-order valence-corrected chi connectivity index (χ0v) is 4.46. The van der Waals surface area contributed by atoms with Gasteiger partial charge in [-0.3, -0.25) is 0 Å². The summed E-state index contributed by atoms with van der Waals surface area (Å²) in [4.78, 5) is 0. The molecule has 0 aromatic carbocycles. The van der Waals surface area contributed by atoms with Gasteiger partial charge in [0.15, 0.2) is 0 Å². The quantitative estimate of drug-likeness (QED) is 0.546. The molecular weight excluding hydrogens is 121 g/mol. The molecule has 0 saturated carbocycles. The molecule has 0 fully saturated rings. The van der Waals surface area contributed by atoms with Gasteiger partial charge in [-0.05, 0) is 6.42 Å². The Labute approximate surface area is 46.5 Å². The van der Waals surface area contributed by atoms with Gasteiger partial charge in [-0.2, -0.15) is 0 Å². The lowest BCUT2D eigenvalue weighted by molar-refractivity contribution is 0.138. The molecule has 0 N–H and O–H groups in total. The molecule has 0 atom stereocenters. The molecule has 0 amide bonds. The third-order valence-corrected chi connectivity index (χ3v) is 0.712. The molecule has 1 radical (unpaired) electrons. The molecule has 0 saturated heterocycles. The highest BCUT2D eigenvalue weighted by molar-refractivity contribution is 6.23. The molecule has 0 aliphatic heterocycles. The van der Waals surface area contributed by atoms with Crippen LogP contribution < -0.4 is 0 Å². The summed E-state index contributed by atoms with van der Waals surface area (Å²) in [6.07, 6.45) is -2.04. The van der Waals surface area contributed by atoms with Crippen molar-refractivity contribution in [2.45, 2.75) is 19.3 Å². The third-order valence-electron chi connectivity index (χ3n) is 0.494. The molecule has 0 bridgehead atoms. The second kappa shape index (κ2) is 4.31. The fourth-order valence-corrected chi connectivity index (χ4v) is 0.315. The summed E-state index contributed by atoms with van der Waals surface area (Å²) in [6, 6.07) is 0. The Morgan fingerprint density at radius 2 is 2.14 bits per heavy atom. The SMILES string of the molecule is FC(F)CC[CH]Cl. The summed E-state index contributed by atoms with van der Waals surface area (Å²) in [5, 5.41) is 0. The maximum atomic E-state index is 11.1. The number of halogens is 3. The van der Waals surface area contributed by atoms with Gasteiger partial charge in [0.05, 0.1) is 5.88 Å². The van der Waals surface area contributed by atoms with Crippen molar-refractivity contribution < 1.29 is 8.78 Å². The Balaban J connectivity index is 2.68. The summed E-state index contributed by atoms with van der Waals surface area (Å²) in [6.45, 7) is 0. The van der Waals surface area contributed by atoms with Crippen LogP contribution in [0.2, 0.25) is 0 Å². The number of hydrogen-bond donors (Lipinski definition) is 0. The van der Waals surface area contributed by atoms with E-state index in [2.05, 4.69) is 0 Å². The van der Waals surface area contributed by atoms with E-state index in [1.807, 2.05) is 0 Å². The highest BCUT2D eigenvalue weighted by Gasteiger charge is 1.98. The molecular formula is C4H6ClF2. The minimum absolute atomic E-state index is 0.122. The predicted octanol–water partition coefficient (Wildman–Crippen LogP) is 2.43. The van der Waals surface area contributed by atoms with Crippen LogP contribution in [0.5, 0.6) is 0 Å². The molecule has 3 heteroatoms. The first-order valence-corrected chi connectivity index (χ1v) is 2.41. The third kappa shape index (κ3) is 6.15. The van der Waals surface area contributed by atoms with Gasteiger partial charge in [-0.1, -0.05) is 0 Å². The zero-order chi connectivity index (χ0) is 5.70. The Kier molecular flexibility index (Phi) is 4.41. The minimum atomic E-state index is -2.21. The van der Waals surface area contributed by atoms with Crippen LogP contribution in [0.4, 0.5) is 8.78 Å². The van der Waals surface area contributed by atoms with E-state index in [0.717, 1.165) is 0 Å². The fourth-order valence-electron chi connectivity index (χ4n) is 0.189. The van der Waals surface area contributed by atoms with E-state index in [1.54, 1.807) is 0 Å². The van der Waals surface area contributed by atoms with Crippen LogP contribution in [0.25, 0.3) is 0 Å². The molecule has 0 aromatic heterocycles. The van der Waals surface area contributed by atoms with Crippen LogP contribution in [0.1, 0.15) is 12.8 Å². The highest BCUT2D eigenvalue weighted by atomic mass is 35.5. The van der Waals surface area contributed by atoms with Crippen molar-refractivity contribution in [1.82, 2.24) is 0 Å². The van der Waals surface area contributed by atoms with Crippen LogP contribution in [0, 0.1) is 5.88 Å². The molecule has 0 aromatic rings. The number of alkyl halides is 2. The average molecular weight is 128 g/mol. The Bertz CT molecular complexity index is 38.7. The molecule has 0 aliphatic rings. The molecule has 7 heavy (non-hydrogen) atoms. The average Bonchev–Trinajstić information content (AvgIpc) is 1.61. The lowest BCUT2D eigenvalue weighted by Crippen LogP contribution is -1.86. The molecule has 0 spiro atoms. The molecule has 0 rings (SSSR count). The molecule has 0 aliphatic carbocycles. The van der Waals surface area contributed by atoms with Crippen molar-refractivity contribution in [2.75, 3.05) is 0 Å². The number of hydrogen-bond acceptors (Lipinski definition) is 0. The summed E-state index contributed by atoms with van der Waals surface area (Å²) < 4.78 is 22.3.